The first-order chi connectivity index (χ1) is 20.7. The zero-order valence-electron chi connectivity index (χ0n) is 23.3. The number of nitrogens with zero attached hydrogens (tertiary/aromatic N) is 3. The number of hydrogen-bond donors (Lipinski definition) is 2. The highest BCUT2D eigenvalue weighted by Gasteiger charge is 2.15. The van der Waals surface area contributed by atoms with Gasteiger partial charge in [0, 0.05) is 37.5 Å². The van der Waals surface area contributed by atoms with Crippen LogP contribution >= 0.6 is 0 Å². The van der Waals surface area contributed by atoms with E-state index in [4.69, 9.17) is 4.74 Å². The fourth-order valence-electron chi connectivity index (χ4n) is 3.71. The Balaban J connectivity index is 1.42. The van der Waals surface area contributed by atoms with E-state index < -0.39 is 22.7 Å². The van der Waals surface area contributed by atoms with Crippen LogP contribution in [0.4, 0.5) is 11.4 Å². The van der Waals surface area contributed by atoms with Crippen molar-refractivity contribution in [2.45, 2.75) is 0 Å². The minimum atomic E-state index is -0.670. The summed E-state index contributed by atoms with van der Waals surface area (Å²) in [5, 5.41) is 17.4. The molecule has 0 radical (unpaired) electrons. The van der Waals surface area contributed by atoms with Gasteiger partial charge in [-0.1, -0.05) is 30.3 Å². The van der Waals surface area contributed by atoms with Crippen LogP contribution < -0.4 is 20.4 Å². The zero-order valence-corrected chi connectivity index (χ0v) is 23.3. The second kappa shape index (κ2) is 14.0. The molecule has 4 aromatic rings. The van der Waals surface area contributed by atoms with Gasteiger partial charge < -0.3 is 15.0 Å². The van der Waals surface area contributed by atoms with Crippen molar-refractivity contribution >= 4 is 41.4 Å². The third kappa shape index (κ3) is 8.44. The van der Waals surface area contributed by atoms with Crippen molar-refractivity contribution in [1.82, 2.24) is 10.7 Å². The SMILES string of the molecule is CN(C)c1ccc(/C=C(/NC(=O)c2ccccc2)C(=O)N/N=C\c2ccc(OC(=O)c3ccc([N+](=O)[O-])cc3)cc2)cc1. The molecule has 4 aromatic carbocycles. The van der Waals surface area contributed by atoms with E-state index >= 15 is 0 Å². The van der Waals surface area contributed by atoms with Crippen LogP contribution in [0, 0.1) is 10.1 Å². The summed E-state index contributed by atoms with van der Waals surface area (Å²) in [7, 11) is 3.84. The van der Waals surface area contributed by atoms with Crippen LogP contribution in [0.3, 0.4) is 0 Å². The fraction of sp³-hybridized carbons (Fsp3) is 0.0625. The number of anilines is 1. The van der Waals surface area contributed by atoms with Crippen LogP contribution in [-0.4, -0.2) is 43.0 Å². The lowest BCUT2D eigenvalue weighted by Crippen LogP contribution is -2.32. The van der Waals surface area contributed by atoms with Gasteiger partial charge in [-0.2, -0.15) is 5.10 Å². The molecule has 216 valence electrons. The topological polar surface area (TPSA) is 143 Å². The van der Waals surface area contributed by atoms with Gasteiger partial charge in [0.2, 0.25) is 0 Å². The molecule has 2 N–H and O–H groups in total. The number of nitro groups is 1. The molecule has 0 aliphatic rings. The van der Waals surface area contributed by atoms with Crippen LogP contribution in [-0.2, 0) is 4.79 Å². The van der Waals surface area contributed by atoms with E-state index in [-0.39, 0.29) is 22.7 Å². The monoisotopic (exact) mass is 577 g/mol. The van der Waals surface area contributed by atoms with Gasteiger partial charge in [0.05, 0.1) is 16.7 Å². The first kappa shape index (κ1) is 29.9. The van der Waals surface area contributed by atoms with Gasteiger partial charge in [-0.3, -0.25) is 19.7 Å². The number of hydrogen-bond acceptors (Lipinski definition) is 8. The highest BCUT2D eigenvalue weighted by molar-refractivity contribution is 6.05. The summed E-state index contributed by atoms with van der Waals surface area (Å²) >= 11 is 0. The minimum Gasteiger partial charge on any atom is -0.423 e. The number of hydrazone groups is 1. The number of amides is 2. The molecule has 0 unspecified atom stereocenters. The maximum atomic E-state index is 13.0. The van der Waals surface area contributed by atoms with Crippen molar-refractivity contribution in [3.8, 4) is 5.75 Å². The van der Waals surface area contributed by atoms with Crippen molar-refractivity contribution in [3.63, 3.8) is 0 Å². The normalized spacial score (nSPS) is 11.1. The molecule has 0 saturated heterocycles. The number of carbonyl (C=O) groups excluding carboxylic acids is 3. The van der Waals surface area contributed by atoms with Crippen LogP contribution in [0.25, 0.3) is 6.08 Å². The highest BCUT2D eigenvalue weighted by Crippen LogP contribution is 2.17. The maximum Gasteiger partial charge on any atom is 0.343 e. The Hall–Kier alpha value is -6.10. The summed E-state index contributed by atoms with van der Waals surface area (Å²) in [4.78, 5) is 50.3. The average molecular weight is 578 g/mol. The van der Waals surface area contributed by atoms with Crippen LogP contribution in [0.15, 0.2) is 114 Å². The Morgan fingerprint density at radius 2 is 1.44 bits per heavy atom. The molecular formula is C32H27N5O6. The first-order valence-electron chi connectivity index (χ1n) is 13.0. The molecule has 0 bridgehead atoms. The summed E-state index contributed by atoms with van der Waals surface area (Å²) in [5.41, 5.74) is 5.12. The van der Waals surface area contributed by atoms with Gasteiger partial charge in [0.25, 0.3) is 17.5 Å². The van der Waals surface area contributed by atoms with Gasteiger partial charge in [-0.15, -0.1) is 0 Å². The molecule has 0 saturated carbocycles. The number of ether oxygens (including phenoxy) is 1. The molecule has 0 aliphatic heterocycles. The molecule has 11 nitrogen and oxygen atoms in total. The molecule has 4 rings (SSSR count). The summed E-state index contributed by atoms with van der Waals surface area (Å²) < 4.78 is 5.31. The summed E-state index contributed by atoms with van der Waals surface area (Å²) in [6, 6.07) is 27.4. The summed E-state index contributed by atoms with van der Waals surface area (Å²) in [6.45, 7) is 0. The van der Waals surface area contributed by atoms with E-state index in [1.54, 1.807) is 48.5 Å². The molecule has 0 fully saturated rings. The lowest BCUT2D eigenvalue weighted by atomic mass is 10.1. The molecular weight excluding hydrogens is 550 g/mol. The second-order valence-electron chi connectivity index (χ2n) is 9.33. The number of benzene rings is 4. The molecule has 11 heteroatoms. The lowest BCUT2D eigenvalue weighted by Gasteiger charge is -2.12. The van der Waals surface area contributed by atoms with Gasteiger partial charge >= 0.3 is 5.97 Å². The smallest absolute Gasteiger partial charge is 0.343 e. The quantitative estimate of drug-likeness (QED) is 0.0688. The Labute approximate surface area is 247 Å². The van der Waals surface area contributed by atoms with Gasteiger partial charge in [-0.25, -0.2) is 10.2 Å². The van der Waals surface area contributed by atoms with Crippen molar-refractivity contribution in [1.29, 1.82) is 0 Å². The zero-order chi connectivity index (χ0) is 30.8. The summed E-state index contributed by atoms with van der Waals surface area (Å²) in [5.74, 6) is -1.50. The van der Waals surface area contributed by atoms with Crippen molar-refractivity contribution in [2.75, 3.05) is 19.0 Å². The standard InChI is InChI=1S/C32H27N5O6/c1-36(2)26-14-8-22(9-15-26)20-29(34-30(38)24-6-4-3-5-7-24)31(39)35-33-21-23-10-18-28(19-11-23)43-32(40)25-12-16-27(17-13-25)37(41)42/h3-21H,1-2H3,(H,34,38)(H,35,39)/b29-20+,33-21-. The molecule has 0 spiro atoms. The Bertz CT molecular complexity index is 1660. The fourth-order valence-corrected chi connectivity index (χ4v) is 3.71. The summed E-state index contributed by atoms with van der Waals surface area (Å²) in [6.07, 6.45) is 2.95. The van der Waals surface area contributed by atoms with E-state index in [0.717, 1.165) is 5.69 Å². The van der Waals surface area contributed by atoms with E-state index in [9.17, 15) is 24.5 Å². The Morgan fingerprint density at radius 1 is 0.814 bits per heavy atom. The largest absolute Gasteiger partial charge is 0.423 e. The van der Waals surface area contributed by atoms with E-state index in [1.807, 2.05) is 43.3 Å². The third-order valence-electron chi connectivity index (χ3n) is 6.03. The third-order valence-corrected chi connectivity index (χ3v) is 6.03. The number of carbonyl (C=O) groups is 3. The van der Waals surface area contributed by atoms with Crippen LogP contribution in [0.2, 0.25) is 0 Å². The number of nitro benzene ring substituents is 1. The van der Waals surface area contributed by atoms with Gasteiger partial charge in [0.1, 0.15) is 11.4 Å². The predicted molar refractivity (Wildman–Crippen MR) is 163 cm³/mol. The van der Waals surface area contributed by atoms with Crippen molar-refractivity contribution < 1.29 is 24.0 Å². The molecule has 43 heavy (non-hydrogen) atoms. The van der Waals surface area contributed by atoms with Crippen LogP contribution in [0.5, 0.6) is 5.75 Å². The minimum absolute atomic E-state index is 0.00268. The number of nitrogens with one attached hydrogen (secondary N) is 2. The molecule has 0 aromatic heterocycles. The Kier molecular flexibility index (Phi) is 9.72. The molecule has 0 heterocycles. The van der Waals surface area contributed by atoms with Crippen molar-refractivity contribution in [3.05, 3.63) is 141 Å². The van der Waals surface area contributed by atoms with E-state index in [1.165, 1.54) is 42.6 Å². The predicted octanol–water partition coefficient (Wildman–Crippen LogP) is 4.80. The van der Waals surface area contributed by atoms with Gasteiger partial charge in [0.15, 0.2) is 0 Å². The second-order valence-corrected chi connectivity index (χ2v) is 9.33. The van der Waals surface area contributed by atoms with E-state index in [0.29, 0.717) is 16.7 Å². The maximum absolute atomic E-state index is 13.0. The number of non-ortho nitro benzene ring substituents is 1. The van der Waals surface area contributed by atoms with Gasteiger partial charge in [-0.05, 0) is 77.9 Å². The van der Waals surface area contributed by atoms with E-state index in [2.05, 4.69) is 15.8 Å². The molecule has 2 amide bonds. The molecule has 0 atom stereocenters. The molecule has 0 aliphatic carbocycles. The number of esters is 1. The van der Waals surface area contributed by atoms with Crippen LogP contribution in [0.1, 0.15) is 31.8 Å². The van der Waals surface area contributed by atoms with Crippen molar-refractivity contribution in [2.24, 2.45) is 5.10 Å². The lowest BCUT2D eigenvalue weighted by molar-refractivity contribution is -0.384. The first-order valence-corrected chi connectivity index (χ1v) is 13.0. The number of rotatable bonds is 10. The Morgan fingerprint density at radius 3 is 2.05 bits per heavy atom. The average Bonchev–Trinajstić information content (AvgIpc) is 3.02. The highest BCUT2D eigenvalue weighted by atomic mass is 16.6.